The maximum Gasteiger partial charge on any atom is 0.407 e. The first-order valence-electron chi connectivity index (χ1n) is 11.7. The highest BCUT2D eigenvalue weighted by Gasteiger charge is 2.29. The van der Waals surface area contributed by atoms with Gasteiger partial charge in [-0.2, -0.15) is 0 Å². The minimum absolute atomic E-state index is 0.0909. The van der Waals surface area contributed by atoms with Gasteiger partial charge in [-0.3, -0.25) is 0 Å². The molecule has 1 amide bonds. The van der Waals surface area contributed by atoms with Gasteiger partial charge in [-0.15, -0.1) is 0 Å². The fraction of sp³-hybridized carbons (Fsp3) is 0.133. The number of hydrogen-bond donors (Lipinski definition) is 2. The lowest BCUT2D eigenvalue weighted by Crippen LogP contribution is -2.42. The second-order valence-corrected chi connectivity index (χ2v) is 9.21. The zero-order valence-electron chi connectivity index (χ0n) is 19.4. The smallest absolute Gasteiger partial charge is 0.407 e. The number of fused-ring (bicyclic) bond motifs is 3. The first-order valence-corrected chi connectivity index (χ1v) is 12.1. The Morgan fingerprint density at radius 3 is 1.89 bits per heavy atom. The molecule has 0 aliphatic heterocycles. The number of halogens is 1. The summed E-state index contributed by atoms with van der Waals surface area (Å²) in [6, 6.07) is 30.1. The van der Waals surface area contributed by atoms with Crippen LogP contribution in [0, 0.1) is 0 Å². The molecule has 0 spiro atoms. The molecule has 0 saturated carbocycles. The number of amides is 1. The van der Waals surface area contributed by atoms with Crippen LogP contribution in [0.1, 0.15) is 22.6 Å². The SMILES string of the molecule is O=C(NC(Cc1ccc(-c2ccc(Cl)cc2)cc1)C(=O)O)OCC1c2ccccc2-c2ccccc21. The Bertz CT molecular complexity index is 1350. The number of hydrogen-bond acceptors (Lipinski definition) is 3. The standard InChI is InChI=1S/C30H24ClNO4/c31-22-15-13-21(14-16-22)20-11-9-19(10-12-20)17-28(29(33)34)32-30(35)36-18-27-25-7-3-1-5-23(25)24-6-2-4-8-26(24)27/h1-16,27-28H,17-18H2,(H,32,35)(H,33,34). The Labute approximate surface area is 214 Å². The van der Waals surface area contributed by atoms with Crippen LogP contribution < -0.4 is 5.32 Å². The highest BCUT2D eigenvalue weighted by atomic mass is 35.5. The van der Waals surface area contributed by atoms with Crippen molar-refractivity contribution in [3.05, 3.63) is 119 Å². The van der Waals surface area contributed by atoms with E-state index in [2.05, 4.69) is 17.4 Å². The topological polar surface area (TPSA) is 75.6 Å². The van der Waals surface area contributed by atoms with E-state index in [4.69, 9.17) is 16.3 Å². The monoisotopic (exact) mass is 497 g/mol. The number of rotatable bonds is 7. The number of ether oxygens (including phenoxy) is 1. The van der Waals surface area contributed by atoms with Crippen LogP contribution in [0.2, 0.25) is 5.02 Å². The highest BCUT2D eigenvalue weighted by molar-refractivity contribution is 6.30. The molecule has 4 aromatic carbocycles. The third kappa shape index (κ3) is 4.97. The Morgan fingerprint density at radius 1 is 0.806 bits per heavy atom. The van der Waals surface area contributed by atoms with Crippen LogP contribution in [0.4, 0.5) is 4.79 Å². The van der Waals surface area contributed by atoms with E-state index in [0.29, 0.717) is 5.02 Å². The molecule has 6 heteroatoms. The van der Waals surface area contributed by atoms with Crippen LogP contribution in [0.15, 0.2) is 97.1 Å². The van der Waals surface area contributed by atoms with Crippen LogP contribution in [-0.4, -0.2) is 29.8 Å². The molecule has 1 unspecified atom stereocenters. The van der Waals surface area contributed by atoms with Crippen molar-refractivity contribution in [1.29, 1.82) is 0 Å². The number of nitrogens with one attached hydrogen (secondary N) is 1. The molecule has 1 aliphatic carbocycles. The minimum atomic E-state index is -1.12. The second-order valence-electron chi connectivity index (χ2n) is 8.77. The molecule has 0 radical (unpaired) electrons. The van der Waals surface area contributed by atoms with Gasteiger partial charge in [0.15, 0.2) is 0 Å². The Morgan fingerprint density at radius 2 is 1.33 bits per heavy atom. The lowest BCUT2D eigenvalue weighted by molar-refractivity contribution is -0.139. The normalized spacial score (nSPS) is 12.9. The second kappa shape index (κ2) is 10.3. The van der Waals surface area contributed by atoms with E-state index in [1.807, 2.05) is 84.9 Å². The fourth-order valence-electron chi connectivity index (χ4n) is 4.69. The third-order valence-electron chi connectivity index (χ3n) is 6.51. The van der Waals surface area contributed by atoms with E-state index >= 15 is 0 Å². The average molecular weight is 498 g/mol. The zero-order chi connectivity index (χ0) is 25.1. The summed E-state index contributed by atoms with van der Waals surface area (Å²) in [5.74, 6) is -1.21. The summed E-state index contributed by atoms with van der Waals surface area (Å²) in [5, 5.41) is 12.9. The van der Waals surface area contributed by atoms with Crippen LogP contribution in [-0.2, 0) is 16.0 Å². The molecular formula is C30H24ClNO4. The van der Waals surface area contributed by atoms with Gasteiger partial charge in [-0.25, -0.2) is 9.59 Å². The van der Waals surface area contributed by atoms with Crippen LogP contribution in [0.3, 0.4) is 0 Å². The molecule has 36 heavy (non-hydrogen) atoms. The van der Waals surface area contributed by atoms with Gasteiger partial charge in [0.25, 0.3) is 0 Å². The average Bonchev–Trinajstić information content (AvgIpc) is 3.22. The molecule has 5 rings (SSSR count). The molecule has 1 aliphatic rings. The molecule has 0 fully saturated rings. The van der Waals surface area contributed by atoms with Gasteiger partial charge in [0.1, 0.15) is 12.6 Å². The zero-order valence-corrected chi connectivity index (χ0v) is 20.1. The van der Waals surface area contributed by atoms with Crippen LogP contribution in [0.5, 0.6) is 0 Å². The summed E-state index contributed by atoms with van der Waals surface area (Å²) in [6.07, 6.45) is -0.609. The Kier molecular flexibility index (Phi) is 6.74. The summed E-state index contributed by atoms with van der Waals surface area (Å²) in [7, 11) is 0. The lowest BCUT2D eigenvalue weighted by Gasteiger charge is -2.17. The number of carboxylic acid groups (broad SMARTS) is 1. The van der Waals surface area contributed by atoms with Crippen molar-refractivity contribution in [1.82, 2.24) is 5.32 Å². The van der Waals surface area contributed by atoms with Crippen molar-refractivity contribution in [3.63, 3.8) is 0 Å². The van der Waals surface area contributed by atoms with E-state index < -0.39 is 18.1 Å². The number of carboxylic acids is 1. The Hall–Kier alpha value is -4.09. The van der Waals surface area contributed by atoms with Crippen LogP contribution >= 0.6 is 11.6 Å². The van der Waals surface area contributed by atoms with Gasteiger partial charge >= 0.3 is 12.1 Å². The van der Waals surface area contributed by atoms with Crippen molar-refractivity contribution >= 4 is 23.7 Å². The van der Waals surface area contributed by atoms with Crippen molar-refractivity contribution < 1.29 is 19.4 Å². The number of alkyl carbamates (subject to hydrolysis) is 1. The number of carbonyl (C=O) groups excluding carboxylic acids is 1. The maximum atomic E-state index is 12.6. The number of carbonyl (C=O) groups is 2. The fourth-order valence-corrected chi connectivity index (χ4v) is 4.82. The summed E-state index contributed by atoms with van der Waals surface area (Å²) < 4.78 is 5.52. The predicted molar refractivity (Wildman–Crippen MR) is 140 cm³/mol. The molecule has 5 nitrogen and oxygen atoms in total. The largest absolute Gasteiger partial charge is 0.480 e. The third-order valence-corrected chi connectivity index (χ3v) is 6.76. The lowest BCUT2D eigenvalue weighted by atomic mass is 9.98. The molecule has 0 heterocycles. The van der Waals surface area contributed by atoms with E-state index in [0.717, 1.165) is 38.9 Å². The van der Waals surface area contributed by atoms with Gasteiger partial charge < -0.3 is 15.2 Å². The van der Waals surface area contributed by atoms with Crippen molar-refractivity contribution in [2.45, 2.75) is 18.4 Å². The molecule has 1 atom stereocenters. The van der Waals surface area contributed by atoms with Gasteiger partial charge in [0.2, 0.25) is 0 Å². The van der Waals surface area contributed by atoms with E-state index in [1.54, 1.807) is 0 Å². The maximum absolute atomic E-state index is 12.6. The minimum Gasteiger partial charge on any atom is -0.480 e. The molecule has 0 bridgehead atoms. The van der Waals surface area contributed by atoms with Gasteiger partial charge in [-0.05, 0) is 51.1 Å². The van der Waals surface area contributed by atoms with Crippen molar-refractivity contribution in [2.24, 2.45) is 0 Å². The van der Waals surface area contributed by atoms with Crippen LogP contribution in [0.25, 0.3) is 22.3 Å². The van der Waals surface area contributed by atoms with Gasteiger partial charge in [-0.1, -0.05) is 96.5 Å². The molecule has 4 aromatic rings. The molecule has 180 valence electrons. The highest BCUT2D eigenvalue weighted by Crippen LogP contribution is 2.44. The molecular weight excluding hydrogens is 474 g/mol. The summed E-state index contributed by atoms with van der Waals surface area (Å²) in [5.41, 5.74) is 7.26. The van der Waals surface area contributed by atoms with Crippen molar-refractivity contribution in [2.75, 3.05) is 6.61 Å². The Balaban J connectivity index is 1.22. The summed E-state index contributed by atoms with van der Waals surface area (Å²) >= 11 is 5.96. The van der Waals surface area contributed by atoms with Gasteiger partial charge in [0.05, 0.1) is 0 Å². The number of benzene rings is 4. The van der Waals surface area contributed by atoms with Gasteiger partial charge in [0, 0.05) is 17.4 Å². The summed E-state index contributed by atoms with van der Waals surface area (Å²) in [6.45, 7) is 0.127. The van der Waals surface area contributed by atoms with E-state index in [-0.39, 0.29) is 18.9 Å². The van der Waals surface area contributed by atoms with Crippen molar-refractivity contribution in [3.8, 4) is 22.3 Å². The molecule has 2 N–H and O–H groups in total. The van der Waals surface area contributed by atoms with E-state index in [9.17, 15) is 14.7 Å². The first kappa shape index (κ1) is 23.6. The van der Waals surface area contributed by atoms with E-state index in [1.165, 1.54) is 0 Å². The molecule has 0 saturated heterocycles. The first-order chi connectivity index (χ1) is 17.5. The molecule has 0 aromatic heterocycles. The summed E-state index contributed by atoms with van der Waals surface area (Å²) in [4.78, 5) is 24.5. The predicted octanol–water partition coefficient (Wildman–Crippen LogP) is 6.54. The quantitative estimate of drug-likeness (QED) is 0.304. The number of aliphatic carboxylic acids is 1.